The first-order valence-electron chi connectivity index (χ1n) is 12.1. The monoisotopic (exact) mass is 491 g/mol. The fourth-order valence-corrected chi connectivity index (χ4v) is 4.39. The van der Waals surface area contributed by atoms with Crippen molar-refractivity contribution in [1.29, 1.82) is 0 Å². The highest BCUT2D eigenvalue weighted by molar-refractivity contribution is 5.65. The minimum Gasteiger partial charge on any atom is -0.368 e. The largest absolute Gasteiger partial charge is 0.368 e. The van der Waals surface area contributed by atoms with E-state index in [9.17, 15) is 17.6 Å². The number of halogens is 4. The predicted octanol–water partition coefficient (Wildman–Crippen LogP) is 7.78. The topological polar surface area (TPSA) is 25.4 Å². The molecule has 0 bridgehead atoms. The Morgan fingerprint density at radius 2 is 1.42 bits per heavy atom. The molecule has 0 spiro atoms. The van der Waals surface area contributed by atoms with Crippen LogP contribution in [0.1, 0.15) is 41.7 Å². The fourth-order valence-electron chi connectivity index (χ4n) is 4.39. The molecule has 1 saturated heterocycles. The summed E-state index contributed by atoms with van der Waals surface area (Å²) in [5.74, 6) is -3.56. The van der Waals surface area contributed by atoms with Gasteiger partial charge in [0, 0.05) is 22.9 Å². The summed E-state index contributed by atoms with van der Waals surface area (Å²) in [7, 11) is 0. The van der Waals surface area contributed by atoms with Crippen LogP contribution in [0.25, 0.3) is 22.4 Å². The second kappa shape index (κ2) is 10.2. The Kier molecular flexibility index (Phi) is 6.88. The molecule has 1 atom stereocenters. The highest BCUT2D eigenvalue weighted by Gasteiger charge is 2.30. The van der Waals surface area contributed by atoms with E-state index in [1.54, 1.807) is 60.8 Å². The van der Waals surface area contributed by atoms with Gasteiger partial charge in [-0.1, -0.05) is 61.9 Å². The molecule has 1 aromatic heterocycles. The number of hydrogen-bond acceptors (Lipinski definition) is 2. The van der Waals surface area contributed by atoms with Gasteiger partial charge in [0.05, 0.1) is 12.3 Å². The predicted molar refractivity (Wildman–Crippen MR) is 131 cm³/mol. The van der Waals surface area contributed by atoms with E-state index in [0.717, 1.165) is 24.0 Å². The molecule has 36 heavy (non-hydrogen) atoms. The van der Waals surface area contributed by atoms with Gasteiger partial charge in [0.15, 0.2) is 23.3 Å². The molecule has 0 aliphatic carbocycles. The van der Waals surface area contributed by atoms with E-state index < -0.39 is 23.3 Å². The molecule has 2 heterocycles. The van der Waals surface area contributed by atoms with Crippen LogP contribution >= 0.6 is 0 Å². The van der Waals surface area contributed by atoms with Crippen LogP contribution in [-0.4, -0.2) is 11.6 Å². The normalized spacial score (nSPS) is 14.8. The molecule has 3 aromatic carbocycles. The molecule has 1 aliphatic rings. The van der Waals surface area contributed by atoms with Gasteiger partial charge >= 0.3 is 0 Å². The second-order valence-corrected chi connectivity index (χ2v) is 9.05. The lowest BCUT2D eigenvalue weighted by atomic mass is 9.97. The number of benzene rings is 3. The third-order valence-electron chi connectivity index (χ3n) is 6.54. The minimum atomic E-state index is -0.906. The molecule has 5 rings (SSSR count). The first kappa shape index (κ1) is 24.2. The smallest absolute Gasteiger partial charge is 0.168 e. The molecular weight excluding hydrogens is 466 g/mol. The number of epoxide rings is 1. The highest BCUT2D eigenvalue weighted by Crippen LogP contribution is 2.35. The third kappa shape index (κ3) is 4.91. The molecule has 0 radical (unpaired) electrons. The molecule has 1 unspecified atom stereocenters. The highest BCUT2D eigenvalue weighted by atomic mass is 19.2. The SMILES string of the molecule is CCCc1ccc(-c2ccc(CCc3ccc(-c4ccc(C5CO5)c(F)c4F)cc3)c(F)c2F)nc1. The summed E-state index contributed by atoms with van der Waals surface area (Å²) in [5.41, 5.74) is 3.68. The number of hydrogen-bond donors (Lipinski definition) is 0. The van der Waals surface area contributed by atoms with Gasteiger partial charge in [0.25, 0.3) is 0 Å². The first-order chi connectivity index (χ1) is 17.5. The van der Waals surface area contributed by atoms with Crippen LogP contribution < -0.4 is 0 Å². The van der Waals surface area contributed by atoms with Gasteiger partial charge in [0.2, 0.25) is 0 Å². The van der Waals surface area contributed by atoms with Gasteiger partial charge in [-0.15, -0.1) is 0 Å². The minimum absolute atomic E-state index is 0.136. The van der Waals surface area contributed by atoms with Crippen molar-refractivity contribution in [2.45, 2.75) is 38.7 Å². The van der Waals surface area contributed by atoms with Crippen molar-refractivity contribution >= 4 is 0 Å². The van der Waals surface area contributed by atoms with Gasteiger partial charge in [-0.3, -0.25) is 4.98 Å². The van der Waals surface area contributed by atoms with E-state index in [-0.39, 0.29) is 28.4 Å². The standard InChI is InChI=1S/C30H25F4NO/c1-2-3-19-7-15-25(35-16-19)23-12-11-21(27(31)29(23)33)10-6-18-4-8-20(9-5-18)22-13-14-24(26-17-36-26)30(34)28(22)32/h4-5,7-9,11-16,26H,2-3,6,10,17H2,1H3. The van der Waals surface area contributed by atoms with Gasteiger partial charge in [0.1, 0.15) is 6.10 Å². The molecule has 1 aliphatic heterocycles. The Balaban J connectivity index is 1.28. The maximum absolute atomic E-state index is 14.8. The maximum Gasteiger partial charge on any atom is 0.168 e. The second-order valence-electron chi connectivity index (χ2n) is 9.05. The van der Waals surface area contributed by atoms with E-state index in [0.29, 0.717) is 30.7 Å². The van der Waals surface area contributed by atoms with Crippen molar-refractivity contribution in [3.05, 3.63) is 112 Å². The lowest BCUT2D eigenvalue weighted by molar-refractivity contribution is 0.401. The summed E-state index contributed by atoms with van der Waals surface area (Å²) in [4.78, 5) is 4.29. The zero-order chi connectivity index (χ0) is 25.2. The Labute approximate surface area is 207 Å². The van der Waals surface area contributed by atoms with Gasteiger partial charge < -0.3 is 4.74 Å². The van der Waals surface area contributed by atoms with Gasteiger partial charge in [-0.05, 0) is 53.6 Å². The average Bonchev–Trinajstić information content (AvgIpc) is 3.73. The van der Waals surface area contributed by atoms with Crippen molar-refractivity contribution in [3.63, 3.8) is 0 Å². The summed E-state index contributed by atoms with van der Waals surface area (Å²) in [5, 5.41) is 0. The van der Waals surface area contributed by atoms with Crippen LogP contribution in [0.4, 0.5) is 17.6 Å². The molecule has 2 nitrogen and oxygen atoms in total. The molecule has 0 saturated carbocycles. The molecular formula is C30H25F4NO. The lowest BCUT2D eigenvalue weighted by Gasteiger charge is -2.10. The average molecular weight is 492 g/mol. The lowest BCUT2D eigenvalue weighted by Crippen LogP contribution is -2.01. The van der Waals surface area contributed by atoms with Crippen LogP contribution in [0.3, 0.4) is 0 Å². The van der Waals surface area contributed by atoms with Crippen molar-refractivity contribution in [3.8, 4) is 22.4 Å². The number of aromatic nitrogens is 1. The first-order valence-corrected chi connectivity index (χ1v) is 12.1. The van der Waals surface area contributed by atoms with Crippen LogP contribution in [0, 0.1) is 23.3 Å². The fraction of sp³-hybridized carbons (Fsp3) is 0.233. The van der Waals surface area contributed by atoms with Crippen LogP contribution in [0.2, 0.25) is 0 Å². The Morgan fingerprint density at radius 3 is 2.08 bits per heavy atom. The third-order valence-corrected chi connectivity index (χ3v) is 6.54. The van der Waals surface area contributed by atoms with Crippen LogP contribution in [0.5, 0.6) is 0 Å². The summed E-state index contributed by atoms with van der Waals surface area (Å²) in [6.07, 6.45) is 3.97. The van der Waals surface area contributed by atoms with E-state index in [1.165, 1.54) is 0 Å². The van der Waals surface area contributed by atoms with Gasteiger partial charge in [-0.25, -0.2) is 17.6 Å². The zero-order valence-electron chi connectivity index (χ0n) is 19.8. The molecule has 0 amide bonds. The van der Waals surface area contributed by atoms with Crippen LogP contribution in [0.15, 0.2) is 66.9 Å². The van der Waals surface area contributed by atoms with E-state index >= 15 is 0 Å². The molecule has 184 valence electrons. The zero-order valence-corrected chi connectivity index (χ0v) is 19.8. The Morgan fingerprint density at radius 1 is 0.722 bits per heavy atom. The molecule has 0 N–H and O–H groups in total. The maximum atomic E-state index is 14.8. The van der Waals surface area contributed by atoms with E-state index in [1.807, 2.05) is 6.07 Å². The number of nitrogens with zero attached hydrogens (tertiary/aromatic N) is 1. The molecule has 4 aromatic rings. The Hall–Kier alpha value is -3.51. The van der Waals surface area contributed by atoms with E-state index in [4.69, 9.17) is 4.74 Å². The summed E-state index contributed by atoms with van der Waals surface area (Å²) >= 11 is 0. The van der Waals surface area contributed by atoms with Crippen molar-refractivity contribution in [2.75, 3.05) is 6.61 Å². The number of rotatable bonds is 8. The van der Waals surface area contributed by atoms with E-state index in [2.05, 4.69) is 11.9 Å². The van der Waals surface area contributed by atoms with Gasteiger partial charge in [-0.2, -0.15) is 0 Å². The summed E-state index contributed by atoms with van der Waals surface area (Å²) < 4.78 is 63.6. The quantitative estimate of drug-likeness (QED) is 0.186. The summed E-state index contributed by atoms with van der Waals surface area (Å²) in [6, 6.07) is 16.8. The molecule has 6 heteroatoms. The van der Waals surface area contributed by atoms with Crippen molar-refractivity contribution in [1.82, 2.24) is 4.98 Å². The van der Waals surface area contributed by atoms with Crippen molar-refractivity contribution < 1.29 is 22.3 Å². The Bertz CT molecular complexity index is 1380. The molecule has 1 fully saturated rings. The number of pyridine rings is 1. The van der Waals surface area contributed by atoms with Crippen LogP contribution in [-0.2, 0) is 24.0 Å². The number of ether oxygens (including phenoxy) is 1. The summed E-state index contributed by atoms with van der Waals surface area (Å²) in [6.45, 7) is 2.47. The van der Waals surface area contributed by atoms with Crippen molar-refractivity contribution in [2.24, 2.45) is 0 Å². The number of aryl methyl sites for hydroxylation is 3.